The third-order valence-corrected chi connectivity index (χ3v) is 5.00. The highest BCUT2D eigenvalue weighted by Crippen LogP contribution is 2.35. The van der Waals surface area contributed by atoms with Crippen molar-refractivity contribution < 1.29 is 14.4 Å². The summed E-state index contributed by atoms with van der Waals surface area (Å²) in [5.74, 6) is -0.537. The first-order valence-electron chi connectivity index (χ1n) is 8.04. The van der Waals surface area contributed by atoms with Crippen LogP contribution in [-0.2, 0) is 14.4 Å². The van der Waals surface area contributed by atoms with E-state index in [9.17, 15) is 14.4 Å². The standard InChI is InChI=1S/C16H23N3O3/c1-17-8-10-18(11-9-17)14(20)6-7-19-15(21)12-4-2-3-5-13(12)16(19)22/h2-3,12-13H,4-11H2,1H3/t12-,13+. The molecule has 2 fully saturated rings. The van der Waals surface area contributed by atoms with Crippen molar-refractivity contribution in [3.63, 3.8) is 0 Å². The second kappa shape index (κ2) is 6.20. The molecule has 1 aliphatic carbocycles. The minimum absolute atomic E-state index is 0.0432. The van der Waals surface area contributed by atoms with Gasteiger partial charge in [0.25, 0.3) is 0 Å². The number of hydrogen-bond donors (Lipinski definition) is 0. The van der Waals surface area contributed by atoms with E-state index in [4.69, 9.17) is 0 Å². The summed E-state index contributed by atoms with van der Waals surface area (Å²) in [6.45, 7) is 3.45. The van der Waals surface area contributed by atoms with Gasteiger partial charge in [-0.1, -0.05) is 12.2 Å². The van der Waals surface area contributed by atoms with Crippen molar-refractivity contribution in [3.8, 4) is 0 Å². The summed E-state index contributed by atoms with van der Waals surface area (Å²) in [5, 5.41) is 0. The molecule has 3 rings (SSSR count). The van der Waals surface area contributed by atoms with Crippen LogP contribution in [0.15, 0.2) is 12.2 Å². The van der Waals surface area contributed by atoms with E-state index in [-0.39, 0.29) is 42.5 Å². The van der Waals surface area contributed by atoms with E-state index in [1.807, 2.05) is 24.1 Å². The Labute approximate surface area is 130 Å². The van der Waals surface area contributed by atoms with Crippen LogP contribution in [0.5, 0.6) is 0 Å². The second-order valence-corrected chi connectivity index (χ2v) is 6.42. The van der Waals surface area contributed by atoms with Crippen molar-refractivity contribution in [2.45, 2.75) is 19.3 Å². The van der Waals surface area contributed by atoms with Gasteiger partial charge >= 0.3 is 0 Å². The molecule has 6 nitrogen and oxygen atoms in total. The second-order valence-electron chi connectivity index (χ2n) is 6.42. The normalized spacial score (nSPS) is 29.1. The fourth-order valence-corrected chi connectivity index (χ4v) is 3.51. The lowest BCUT2D eigenvalue weighted by molar-refractivity contribution is -0.141. The monoisotopic (exact) mass is 305 g/mol. The molecule has 2 aliphatic heterocycles. The topological polar surface area (TPSA) is 60.9 Å². The van der Waals surface area contributed by atoms with Crippen molar-refractivity contribution in [2.24, 2.45) is 11.8 Å². The van der Waals surface area contributed by atoms with Crippen molar-refractivity contribution in [2.75, 3.05) is 39.8 Å². The Morgan fingerprint density at radius 2 is 1.59 bits per heavy atom. The lowest BCUT2D eigenvalue weighted by atomic mass is 9.85. The van der Waals surface area contributed by atoms with E-state index < -0.39 is 0 Å². The lowest BCUT2D eigenvalue weighted by Gasteiger charge is -2.32. The molecule has 0 aromatic carbocycles. The Morgan fingerprint density at radius 1 is 1.05 bits per heavy atom. The third-order valence-electron chi connectivity index (χ3n) is 5.00. The third kappa shape index (κ3) is 2.79. The highest BCUT2D eigenvalue weighted by Gasteiger charge is 2.46. The van der Waals surface area contributed by atoms with Gasteiger partial charge in [-0.25, -0.2) is 0 Å². The van der Waals surface area contributed by atoms with Crippen LogP contribution < -0.4 is 0 Å². The Kier molecular flexibility index (Phi) is 4.29. The van der Waals surface area contributed by atoms with Gasteiger partial charge < -0.3 is 9.80 Å². The average Bonchev–Trinajstić information content (AvgIpc) is 2.78. The summed E-state index contributed by atoms with van der Waals surface area (Å²) in [7, 11) is 2.04. The fourth-order valence-electron chi connectivity index (χ4n) is 3.51. The summed E-state index contributed by atoms with van der Waals surface area (Å²) >= 11 is 0. The van der Waals surface area contributed by atoms with Gasteiger partial charge in [0.15, 0.2) is 0 Å². The van der Waals surface area contributed by atoms with Crippen LogP contribution in [0.4, 0.5) is 0 Å². The molecule has 2 heterocycles. The quantitative estimate of drug-likeness (QED) is 0.548. The summed E-state index contributed by atoms with van der Waals surface area (Å²) in [6.07, 6.45) is 5.50. The van der Waals surface area contributed by atoms with Crippen molar-refractivity contribution in [1.82, 2.24) is 14.7 Å². The summed E-state index contributed by atoms with van der Waals surface area (Å²) < 4.78 is 0. The molecule has 0 radical (unpaired) electrons. The Hall–Kier alpha value is -1.69. The molecular formula is C16H23N3O3. The van der Waals surface area contributed by atoms with Gasteiger partial charge in [-0.3, -0.25) is 19.3 Å². The van der Waals surface area contributed by atoms with E-state index in [1.54, 1.807) is 0 Å². The lowest BCUT2D eigenvalue weighted by Crippen LogP contribution is -2.48. The number of carbonyl (C=O) groups excluding carboxylic acids is 3. The van der Waals surface area contributed by atoms with Gasteiger partial charge in [0.05, 0.1) is 11.8 Å². The highest BCUT2D eigenvalue weighted by molar-refractivity contribution is 6.05. The van der Waals surface area contributed by atoms with Crippen LogP contribution in [0, 0.1) is 11.8 Å². The molecule has 22 heavy (non-hydrogen) atoms. The number of hydrogen-bond acceptors (Lipinski definition) is 4. The van der Waals surface area contributed by atoms with Crippen LogP contribution in [0.25, 0.3) is 0 Å². The molecular weight excluding hydrogens is 282 g/mol. The maximum Gasteiger partial charge on any atom is 0.233 e. The van der Waals surface area contributed by atoms with Gasteiger partial charge in [-0.2, -0.15) is 0 Å². The van der Waals surface area contributed by atoms with Crippen LogP contribution in [0.1, 0.15) is 19.3 Å². The number of fused-ring (bicyclic) bond motifs is 1. The summed E-state index contributed by atoms with van der Waals surface area (Å²) in [4.78, 5) is 42.2. The summed E-state index contributed by atoms with van der Waals surface area (Å²) in [5.41, 5.74) is 0. The largest absolute Gasteiger partial charge is 0.340 e. The Balaban J connectivity index is 1.54. The molecule has 0 unspecified atom stereocenters. The van der Waals surface area contributed by atoms with Crippen molar-refractivity contribution >= 4 is 17.7 Å². The van der Waals surface area contributed by atoms with E-state index >= 15 is 0 Å². The van der Waals surface area contributed by atoms with Gasteiger partial charge in [0.2, 0.25) is 17.7 Å². The Bertz CT molecular complexity index is 483. The molecule has 3 amide bonds. The molecule has 0 bridgehead atoms. The molecule has 6 heteroatoms. The van der Waals surface area contributed by atoms with Gasteiger partial charge in [-0.05, 0) is 19.9 Å². The molecule has 0 N–H and O–H groups in total. The van der Waals surface area contributed by atoms with Crippen molar-refractivity contribution in [1.29, 1.82) is 0 Å². The first-order valence-corrected chi connectivity index (χ1v) is 8.04. The van der Waals surface area contributed by atoms with Crippen LogP contribution in [0.2, 0.25) is 0 Å². The van der Waals surface area contributed by atoms with Crippen molar-refractivity contribution in [3.05, 3.63) is 12.2 Å². The molecule has 0 spiro atoms. The predicted molar refractivity (Wildman–Crippen MR) is 80.8 cm³/mol. The zero-order chi connectivity index (χ0) is 15.7. The van der Waals surface area contributed by atoms with E-state index in [1.165, 1.54) is 4.90 Å². The number of piperazine rings is 1. The summed E-state index contributed by atoms with van der Waals surface area (Å²) in [6, 6.07) is 0. The number of carbonyl (C=O) groups is 3. The smallest absolute Gasteiger partial charge is 0.233 e. The zero-order valence-electron chi connectivity index (χ0n) is 13.0. The number of rotatable bonds is 3. The first kappa shape index (κ1) is 15.2. The maximum atomic E-state index is 12.3. The highest BCUT2D eigenvalue weighted by atomic mass is 16.2. The van der Waals surface area contributed by atoms with E-state index in [0.717, 1.165) is 26.2 Å². The fraction of sp³-hybridized carbons (Fsp3) is 0.688. The maximum absolute atomic E-state index is 12.3. The molecule has 0 saturated carbocycles. The minimum Gasteiger partial charge on any atom is -0.340 e. The van der Waals surface area contributed by atoms with Gasteiger partial charge in [0.1, 0.15) is 0 Å². The minimum atomic E-state index is -0.198. The molecule has 2 atom stereocenters. The van der Waals surface area contributed by atoms with Crippen LogP contribution >= 0.6 is 0 Å². The number of likely N-dealkylation sites (tertiary alicyclic amines) is 1. The van der Waals surface area contributed by atoms with Gasteiger partial charge in [-0.15, -0.1) is 0 Å². The average molecular weight is 305 g/mol. The SMILES string of the molecule is CN1CCN(C(=O)CCN2C(=O)[C@H]3CC=CC[C@H]3C2=O)CC1. The first-order chi connectivity index (χ1) is 10.6. The van der Waals surface area contributed by atoms with Gasteiger partial charge in [0, 0.05) is 39.1 Å². The number of allylic oxidation sites excluding steroid dienone is 2. The molecule has 3 aliphatic rings. The van der Waals surface area contributed by atoms with E-state index in [0.29, 0.717) is 12.8 Å². The van der Waals surface area contributed by atoms with E-state index in [2.05, 4.69) is 4.90 Å². The molecule has 2 saturated heterocycles. The predicted octanol–water partition coefficient (Wildman–Crippen LogP) is 0.102. The molecule has 0 aromatic heterocycles. The Morgan fingerprint density at radius 3 is 2.14 bits per heavy atom. The number of amides is 3. The van der Waals surface area contributed by atoms with Crippen LogP contribution in [-0.4, -0.2) is 72.2 Å². The number of nitrogens with zero attached hydrogens (tertiary/aromatic N) is 3. The number of likely N-dealkylation sites (N-methyl/N-ethyl adjacent to an activating group) is 1. The van der Waals surface area contributed by atoms with Crippen LogP contribution in [0.3, 0.4) is 0 Å². The molecule has 120 valence electrons. The number of imide groups is 1. The zero-order valence-corrected chi connectivity index (χ0v) is 13.0. The molecule has 0 aromatic rings.